The zero-order valence-corrected chi connectivity index (χ0v) is 20.4. The van der Waals surface area contributed by atoms with Crippen LogP contribution in [-0.4, -0.2) is 9.38 Å². The van der Waals surface area contributed by atoms with Crippen LogP contribution in [0.3, 0.4) is 0 Å². The van der Waals surface area contributed by atoms with Crippen LogP contribution in [0.2, 0.25) is 0 Å². The molecule has 0 saturated carbocycles. The summed E-state index contributed by atoms with van der Waals surface area (Å²) in [6, 6.07) is 23.0. The minimum absolute atomic E-state index is 0. The van der Waals surface area contributed by atoms with Gasteiger partial charge in [-0.3, -0.25) is 4.98 Å². The monoisotopic (exact) mass is 570 g/mol. The Morgan fingerprint density at radius 1 is 0.900 bits per heavy atom. The number of pyridine rings is 1. The molecule has 0 bridgehead atoms. The summed E-state index contributed by atoms with van der Waals surface area (Å²) < 4.78 is 2.32. The van der Waals surface area contributed by atoms with Gasteiger partial charge in [-0.05, 0) is 47.4 Å². The molecular weight excluding hydrogens is 545 g/mol. The second-order valence-corrected chi connectivity index (χ2v) is 9.01. The Balaban J connectivity index is 0.00000218. The van der Waals surface area contributed by atoms with Crippen LogP contribution in [0, 0.1) is 19.9 Å². The molecule has 0 saturated heterocycles. The van der Waals surface area contributed by atoms with Gasteiger partial charge in [0.15, 0.2) is 0 Å². The minimum Gasteiger partial charge on any atom is -0.333 e. The van der Waals surface area contributed by atoms with Crippen molar-refractivity contribution in [3.05, 3.63) is 83.6 Å². The molecule has 3 aromatic carbocycles. The van der Waals surface area contributed by atoms with Crippen LogP contribution in [0.1, 0.15) is 37.5 Å². The third-order valence-electron chi connectivity index (χ3n) is 5.97. The molecular formula is C27H25IrN2-. The molecule has 0 aliphatic carbocycles. The quantitative estimate of drug-likeness (QED) is 0.157. The van der Waals surface area contributed by atoms with Gasteiger partial charge in [-0.1, -0.05) is 56.5 Å². The fourth-order valence-corrected chi connectivity index (χ4v) is 4.43. The van der Waals surface area contributed by atoms with Gasteiger partial charge >= 0.3 is 0 Å². The molecule has 0 aliphatic heterocycles. The van der Waals surface area contributed by atoms with E-state index in [0.29, 0.717) is 0 Å². The Morgan fingerprint density at radius 3 is 2.33 bits per heavy atom. The number of nitrogens with zero attached hydrogens (tertiary/aromatic N) is 2. The Bertz CT molecular complexity index is 1380. The molecule has 2 nitrogen and oxygen atoms in total. The molecule has 0 unspecified atom stereocenters. The van der Waals surface area contributed by atoms with E-state index in [9.17, 15) is 0 Å². The molecule has 5 rings (SSSR count). The summed E-state index contributed by atoms with van der Waals surface area (Å²) in [5.74, 6) is 0. The Labute approximate surface area is 191 Å². The SMILES string of the molecule is Cc1cccc(C)c1-c1cnc2c3[c-]cccc3c3cc(C(C)(C)C)ccc3n12.[Ir]. The molecule has 0 fully saturated rings. The molecule has 2 aromatic heterocycles. The van der Waals surface area contributed by atoms with Crippen molar-refractivity contribution in [1.29, 1.82) is 0 Å². The smallest absolute Gasteiger partial charge is 0.0639 e. The van der Waals surface area contributed by atoms with Gasteiger partial charge in [-0.25, -0.2) is 0 Å². The minimum atomic E-state index is 0. The number of fused-ring (bicyclic) bond motifs is 6. The fourth-order valence-electron chi connectivity index (χ4n) is 4.43. The average Bonchev–Trinajstić information content (AvgIpc) is 3.12. The first-order chi connectivity index (χ1) is 13.9. The summed E-state index contributed by atoms with van der Waals surface area (Å²) in [4.78, 5) is 4.86. The topological polar surface area (TPSA) is 17.3 Å². The zero-order valence-electron chi connectivity index (χ0n) is 18.0. The van der Waals surface area contributed by atoms with E-state index in [2.05, 4.69) is 93.6 Å². The predicted octanol–water partition coefficient (Wildman–Crippen LogP) is 7.02. The largest absolute Gasteiger partial charge is 0.333 e. The van der Waals surface area contributed by atoms with Crippen molar-refractivity contribution in [3.63, 3.8) is 0 Å². The maximum absolute atomic E-state index is 4.86. The zero-order chi connectivity index (χ0) is 20.3. The molecule has 0 aliphatic rings. The standard InChI is InChI=1S/C27H25N2.Ir/c1-17-9-8-10-18(2)25(17)24-16-28-26-21-12-7-6-11-20(21)22-15-19(27(3,4)5)13-14-23(22)29(24)26;/h6-11,13-16H,1-5H3;/q-1;. The maximum Gasteiger partial charge on any atom is 0.0639 e. The van der Waals surface area contributed by atoms with Crippen LogP contribution in [-0.2, 0) is 25.5 Å². The van der Waals surface area contributed by atoms with E-state index in [4.69, 9.17) is 4.98 Å². The van der Waals surface area contributed by atoms with Crippen LogP contribution < -0.4 is 0 Å². The molecule has 30 heavy (non-hydrogen) atoms. The summed E-state index contributed by atoms with van der Waals surface area (Å²) in [5.41, 5.74) is 8.53. The van der Waals surface area contributed by atoms with E-state index >= 15 is 0 Å². The second kappa shape index (κ2) is 7.34. The summed E-state index contributed by atoms with van der Waals surface area (Å²) >= 11 is 0. The molecule has 1 radical (unpaired) electrons. The summed E-state index contributed by atoms with van der Waals surface area (Å²) in [5, 5.41) is 3.53. The number of hydrogen-bond donors (Lipinski definition) is 0. The average molecular weight is 570 g/mol. The number of hydrogen-bond acceptors (Lipinski definition) is 1. The van der Waals surface area contributed by atoms with Crippen LogP contribution in [0.25, 0.3) is 38.6 Å². The molecule has 153 valence electrons. The Hall–Kier alpha value is -2.48. The van der Waals surface area contributed by atoms with Crippen LogP contribution >= 0.6 is 0 Å². The van der Waals surface area contributed by atoms with Gasteiger partial charge < -0.3 is 4.40 Å². The van der Waals surface area contributed by atoms with Crippen molar-refractivity contribution in [3.8, 4) is 11.3 Å². The van der Waals surface area contributed by atoms with Gasteiger partial charge in [0.25, 0.3) is 0 Å². The van der Waals surface area contributed by atoms with E-state index in [1.807, 2.05) is 12.3 Å². The van der Waals surface area contributed by atoms with Crippen molar-refractivity contribution in [1.82, 2.24) is 9.38 Å². The van der Waals surface area contributed by atoms with Crippen LogP contribution in [0.15, 0.2) is 60.8 Å². The van der Waals surface area contributed by atoms with Crippen LogP contribution in [0.4, 0.5) is 0 Å². The summed E-state index contributed by atoms with van der Waals surface area (Å²) in [6.07, 6.45) is 2.02. The van der Waals surface area contributed by atoms with Gasteiger partial charge in [0.1, 0.15) is 0 Å². The van der Waals surface area contributed by atoms with Crippen molar-refractivity contribution in [2.24, 2.45) is 0 Å². The molecule has 0 atom stereocenters. The van der Waals surface area contributed by atoms with E-state index in [0.717, 1.165) is 16.7 Å². The molecule has 3 heteroatoms. The molecule has 5 aromatic rings. The first kappa shape index (κ1) is 20.8. The Morgan fingerprint density at radius 2 is 1.63 bits per heavy atom. The van der Waals surface area contributed by atoms with Crippen LogP contribution in [0.5, 0.6) is 0 Å². The molecule has 2 heterocycles. The first-order valence-corrected chi connectivity index (χ1v) is 10.2. The van der Waals surface area contributed by atoms with E-state index in [-0.39, 0.29) is 25.5 Å². The van der Waals surface area contributed by atoms with E-state index in [1.165, 1.54) is 38.5 Å². The van der Waals surface area contributed by atoms with Gasteiger partial charge in [0.2, 0.25) is 0 Å². The van der Waals surface area contributed by atoms with Crippen molar-refractivity contribution < 1.29 is 20.1 Å². The van der Waals surface area contributed by atoms with Crippen molar-refractivity contribution in [2.75, 3.05) is 0 Å². The predicted molar refractivity (Wildman–Crippen MR) is 123 cm³/mol. The maximum atomic E-state index is 4.86. The number of imidazole rings is 1. The number of benzene rings is 3. The third kappa shape index (κ3) is 3.09. The number of aryl methyl sites for hydroxylation is 2. The van der Waals surface area contributed by atoms with Crippen molar-refractivity contribution >= 4 is 27.3 Å². The van der Waals surface area contributed by atoms with E-state index < -0.39 is 0 Å². The normalized spacial score (nSPS) is 11.9. The molecule has 0 spiro atoms. The third-order valence-corrected chi connectivity index (χ3v) is 5.97. The number of rotatable bonds is 1. The second-order valence-electron chi connectivity index (χ2n) is 9.01. The van der Waals surface area contributed by atoms with Gasteiger partial charge in [-0.2, -0.15) is 0 Å². The number of aromatic nitrogens is 2. The molecule has 0 amide bonds. The Kier molecular flexibility index (Phi) is 5.08. The molecule has 0 N–H and O–H groups in total. The summed E-state index contributed by atoms with van der Waals surface area (Å²) in [7, 11) is 0. The first-order valence-electron chi connectivity index (χ1n) is 10.2. The fraction of sp³-hybridized carbons (Fsp3) is 0.222. The van der Waals surface area contributed by atoms with Gasteiger partial charge in [0.05, 0.1) is 11.3 Å². The summed E-state index contributed by atoms with van der Waals surface area (Å²) in [6.45, 7) is 11.1. The van der Waals surface area contributed by atoms with Crippen molar-refractivity contribution in [2.45, 2.75) is 40.0 Å². The van der Waals surface area contributed by atoms with E-state index in [1.54, 1.807) is 0 Å². The van der Waals surface area contributed by atoms with Gasteiger partial charge in [-0.15, -0.1) is 29.7 Å². The van der Waals surface area contributed by atoms with Gasteiger partial charge in [0, 0.05) is 37.4 Å².